The molecule has 1 fully saturated rings. The Labute approximate surface area is 96.0 Å². The van der Waals surface area contributed by atoms with Gasteiger partial charge in [0, 0.05) is 0 Å². The van der Waals surface area contributed by atoms with E-state index in [-0.39, 0.29) is 12.4 Å². The fraction of sp³-hybridized carbons (Fsp3) is 1.00. The summed E-state index contributed by atoms with van der Waals surface area (Å²) in [5, 5.41) is 28.2. The van der Waals surface area contributed by atoms with E-state index in [0.29, 0.717) is 0 Å². The van der Waals surface area contributed by atoms with Crippen molar-refractivity contribution in [3.8, 4) is 0 Å². The molecule has 1 rings (SSSR count). The molecule has 5 atom stereocenters. The predicted molar refractivity (Wildman–Crippen MR) is 57.8 cm³/mol. The summed E-state index contributed by atoms with van der Waals surface area (Å²) < 4.78 is 11.2. The van der Waals surface area contributed by atoms with Gasteiger partial charge in [0.2, 0.25) is 0 Å². The first-order valence-electron chi connectivity index (χ1n) is 5.76. The smallest absolute Gasteiger partial charge is 0.159 e. The average Bonchev–Trinajstić information content (AvgIpc) is 2.54. The molecule has 0 unspecified atom stereocenters. The van der Waals surface area contributed by atoms with Crippen LogP contribution >= 0.6 is 0 Å². The largest absolute Gasteiger partial charge is 0.394 e. The van der Waals surface area contributed by atoms with Crippen LogP contribution in [0.4, 0.5) is 0 Å². The van der Waals surface area contributed by atoms with E-state index in [2.05, 4.69) is 0 Å². The standard InChI is InChI=1S/C11H22O5/c1-4-5-9-15-7(2)11(3,16-9)10(14)8(13)6-12/h7-10,12-14H,4-6H2,1-3H3/t7-,8+,9+,10-,11+/m0/s1. The maximum atomic E-state index is 9.92. The van der Waals surface area contributed by atoms with Crippen LogP contribution in [-0.4, -0.2) is 52.1 Å². The molecule has 16 heavy (non-hydrogen) atoms. The molecule has 0 aliphatic carbocycles. The lowest BCUT2D eigenvalue weighted by molar-refractivity contribution is -0.159. The topological polar surface area (TPSA) is 79.2 Å². The SMILES string of the molecule is CCC[C@@H]1O[C@@H](C)[C@](C)([C@@H](O)[C@H](O)CO)O1. The van der Waals surface area contributed by atoms with Gasteiger partial charge in [-0.3, -0.25) is 0 Å². The maximum absolute atomic E-state index is 9.92. The van der Waals surface area contributed by atoms with Crippen molar-refractivity contribution in [3.05, 3.63) is 0 Å². The Morgan fingerprint density at radius 2 is 2.00 bits per heavy atom. The molecule has 1 aliphatic heterocycles. The minimum atomic E-state index is -1.21. The van der Waals surface area contributed by atoms with E-state index in [4.69, 9.17) is 14.6 Å². The molecule has 1 heterocycles. The molecule has 1 aliphatic rings. The van der Waals surface area contributed by atoms with Crippen molar-refractivity contribution in [1.29, 1.82) is 0 Å². The molecule has 5 nitrogen and oxygen atoms in total. The molecule has 0 bridgehead atoms. The van der Waals surface area contributed by atoms with Crippen LogP contribution in [0.15, 0.2) is 0 Å². The first-order chi connectivity index (χ1) is 7.45. The zero-order valence-electron chi connectivity index (χ0n) is 10.1. The van der Waals surface area contributed by atoms with Crippen molar-refractivity contribution < 1.29 is 24.8 Å². The highest BCUT2D eigenvalue weighted by molar-refractivity contribution is 4.96. The monoisotopic (exact) mass is 234 g/mol. The van der Waals surface area contributed by atoms with Crippen LogP contribution in [0.25, 0.3) is 0 Å². The minimum absolute atomic E-state index is 0.319. The lowest BCUT2D eigenvalue weighted by Crippen LogP contribution is -2.53. The van der Waals surface area contributed by atoms with Gasteiger partial charge in [-0.05, 0) is 20.3 Å². The van der Waals surface area contributed by atoms with Crippen LogP contribution in [0.2, 0.25) is 0 Å². The van der Waals surface area contributed by atoms with Gasteiger partial charge < -0.3 is 24.8 Å². The van der Waals surface area contributed by atoms with E-state index in [9.17, 15) is 10.2 Å². The lowest BCUT2D eigenvalue weighted by atomic mass is 9.90. The molecule has 0 aromatic heterocycles. The van der Waals surface area contributed by atoms with Crippen molar-refractivity contribution in [2.24, 2.45) is 0 Å². The fourth-order valence-electron chi connectivity index (χ4n) is 1.92. The van der Waals surface area contributed by atoms with Gasteiger partial charge in [0.05, 0.1) is 12.7 Å². The van der Waals surface area contributed by atoms with Gasteiger partial charge in [-0.25, -0.2) is 0 Å². The summed E-state index contributed by atoms with van der Waals surface area (Å²) in [5.41, 5.74) is -0.970. The highest BCUT2D eigenvalue weighted by Crippen LogP contribution is 2.35. The second-order valence-corrected chi connectivity index (χ2v) is 4.49. The summed E-state index contributed by atoms with van der Waals surface area (Å²) in [6.45, 7) is 5.01. The number of aliphatic hydroxyl groups is 3. The second-order valence-electron chi connectivity index (χ2n) is 4.49. The van der Waals surface area contributed by atoms with Crippen molar-refractivity contribution in [3.63, 3.8) is 0 Å². The summed E-state index contributed by atoms with van der Waals surface area (Å²) >= 11 is 0. The van der Waals surface area contributed by atoms with Gasteiger partial charge in [-0.2, -0.15) is 0 Å². The van der Waals surface area contributed by atoms with Crippen molar-refractivity contribution >= 4 is 0 Å². The molecule has 1 saturated heterocycles. The zero-order chi connectivity index (χ0) is 12.3. The highest BCUT2D eigenvalue weighted by atomic mass is 16.7. The number of hydrogen-bond acceptors (Lipinski definition) is 5. The van der Waals surface area contributed by atoms with Crippen molar-refractivity contribution in [2.75, 3.05) is 6.61 Å². The highest BCUT2D eigenvalue weighted by Gasteiger charge is 2.50. The van der Waals surface area contributed by atoms with E-state index < -0.39 is 24.4 Å². The van der Waals surface area contributed by atoms with Gasteiger partial charge in [0.25, 0.3) is 0 Å². The summed E-state index contributed by atoms with van der Waals surface area (Å²) in [4.78, 5) is 0. The van der Waals surface area contributed by atoms with E-state index >= 15 is 0 Å². The number of ether oxygens (including phenoxy) is 2. The third kappa shape index (κ3) is 2.55. The quantitative estimate of drug-likeness (QED) is 0.625. The molecule has 3 N–H and O–H groups in total. The molecule has 0 radical (unpaired) electrons. The van der Waals surface area contributed by atoms with E-state index in [0.717, 1.165) is 12.8 Å². The Kier molecular flexibility index (Phi) is 4.70. The Balaban J connectivity index is 2.69. The Morgan fingerprint density at radius 1 is 1.38 bits per heavy atom. The van der Waals surface area contributed by atoms with Crippen LogP contribution in [0.5, 0.6) is 0 Å². The molecular formula is C11H22O5. The molecular weight excluding hydrogens is 212 g/mol. The van der Waals surface area contributed by atoms with E-state index in [1.807, 2.05) is 6.92 Å². The van der Waals surface area contributed by atoms with E-state index in [1.165, 1.54) is 0 Å². The molecule has 0 spiro atoms. The fourth-order valence-corrected chi connectivity index (χ4v) is 1.92. The van der Waals surface area contributed by atoms with Crippen LogP contribution < -0.4 is 0 Å². The average molecular weight is 234 g/mol. The molecule has 0 aromatic rings. The number of rotatable bonds is 5. The van der Waals surface area contributed by atoms with E-state index in [1.54, 1.807) is 13.8 Å². The first-order valence-corrected chi connectivity index (χ1v) is 5.76. The molecule has 5 heteroatoms. The second kappa shape index (κ2) is 5.42. The summed E-state index contributed by atoms with van der Waals surface area (Å²) in [5.74, 6) is 0. The van der Waals surface area contributed by atoms with Gasteiger partial charge >= 0.3 is 0 Å². The zero-order valence-corrected chi connectivity index (χ0v) is 10.1. The molecule has 0 aromatic carbocycles. The third-order valence-corrected chi connectivity index (χ3v) is 3.21. The van der Waals surface area contributed by atoms with Gasteiger partial charge in [0.15, 0.2) is 6.29 Å². The summed E-state index contributed by atoms with van der Waals surface area (Å²) in [6.07, 6.45) is -1.36. The molecule has 96 valence electrons. The molecule has 0 saturated carbocycles. The van der Waals surface area contributed by atoms with Crippen molar-refractivity contribution in [2.45, 2.75) is 63.8 Å². The minimum Gasteiger partial charge on any atom is -0.394 e. The van der Waals surface area contributed by atoms with Crippen LogP contribution in [0.1, 0.15) is 33.6 Å². The maximum Gasteiger partial charge on any atom is 0.159 e. The first kappa shape index (κ1) is 13.9. The van der Waals surface area contributed by atoms with Gasteiger partial charge in [0.1, 0.15) is 17.8 Å². The number of aliphatic hydroxyl groups excluding tert-OH is 3. The Hall–Kier alpha value is -0.200. The summed E-state index contributed by atoms with van der Waals surface area (Å²) in [6, 6.07) is 0. The predicted octanol–water partition coefficient (Wildman–Crippen LogP) is 0.0207. The summed E-state index contributed by atoms with van der Waals surface area (Å²) in [7, 11) is 0. The van der Waals surface area contributed by atoms with Gasteiger partial charge in [-0.15, -0.1) is 0 Å². The number of hydrogen-bond donors (Lipinski definition) is 3. The van der Waals surface area contributed by atoms with Crippen LogP contribution in [0, 0.1) is 0 Å². The Morgan fingerprint density at radius 3 is 2.50 bits per heavy atom. The Bertz CT molecular complexity index is 222. The van der Waals surface area contributed by atoms with Crippen LogP contribution in [0.3, 0.4) is 0 Å². The van der Waals surface area contributed by atoms with Crippen molar-refractivity contribution in [1.82, 2.24) is 0 Å². The van der Waals surface area contributed by atoms with Crippen LogP contribution in [-0.2, 0) is 9.47 Å². The normalized spacial score (nSPS) is 38.6. The van der Waals surface area contributed by atoms with Gasteiger partial charge in [-0.1, -0.05) is 13.3 Å². The lowest BCUT2D eigenvalue weighted by Gasteiger charge is -2.34. The molecule has 0 amide bonds. The third-order valence-electron chi connectivity index (χ3n) is 3.21.